The zero-order valence-electron chi connectivity index (χ0n) is 5.57. The number of aromatic amines is 1. The van der Waals surface area contributed by atoms with Crippen molar-refractivity contribution in [2.45, 2.75) is 6.43 Å². The zero-order chi connectivity index (χ0) is 9.30. The van der Waals surface area contributed by atoms with Gasteiger partial charge in [0.15, 0.2) is 0 Å². The first-order valence-corrected chi connectivity index (χ1v) is 3.26. The van der Waals surface area contributed by atoms with Crippen LogP contribution >= 0.6 is 11.6 Å². The van der Waals surface area contributed by atoms with Crippen LogP contribution in [0.3, 0.4) is 0 Å². The predicted molar refractivity (Wildman–Crippen MR) is 37.0 cm³/mol. The summed E-state index contributed by atoms with van der Waals surface area (Å²) in [7, 11) is 0. The maximum absolute atomic E-state index is 12.5. The fraction of sp³-hybridized carbons (Fsp3) is 0.167. The fourth-order valence-electron chi connectivity index (χ4n) is 0.709. The Kier molecular flexibility index (Phi) is 2.42. The van der Waals surface area contributed by atoms with Crippen LogP contribution in [-0.2, 0) is 0 Å². The van der Waals surface area contributed by atoms with Crippen LogP contribution in [0.5, 0.6) is 0 Å². The Balaban J connectivity index is 3.38. The van der Waals surface area contributed by atoms with Crippen molar-refractivity contribution in [3.8, 4) is 0 Å². The Labute approximate surface area is 70.0 Å². The first-order valence-electron chi connectivity index (χ1n) is 2.88. The molecule has 1 N–H and O–H groups in total. The number of aromatic nitrogens is 1. The number of H-pyrrole nitrogens is 1. The molecule has 0 fully saturated rings. The first kappa shape index (κ1) is 9.12. The van der Waals surface area contributed by atoms with Gasteiger partial charge in [0, 0.05) is 6.07 Å². The molecular weight excluding hydrogens is 195 g/mol. The van der Waals surface area contributed by atoms with Gasteiger partial charge in [-0.25, -0.2) is 8.78 Å². The zero-order valence-corrected chi connectivity index (χ0v) is 6.33. The molecule has 12 heavy (non-hydrogen) atoms. The minimum absolute atomic E-state index is 0.564. The van der Waals surface area contributed by atoms with Gasteiger partial charge in [-0.1, -0.05) is 11.6 Å². The van der Waals surface area contributed by atoms with E-state index in [1.165, 1.54) is 0 Å². The first-order chi connectivity index (χ1) is 5.52. The van der Waals surface area contributed by atoms with Crippen LogP contribution in [0.4, 0.5) is 13.2 Å². The Bertz CT molecular complexity index is 323. The van der Waals surface area contributed by atoms with E-state index in [0.29, 0.717) is 6.07 Å². The normalized spacial score (nSPS) is 10.8. The van der Waals surface area contributed by atoms with Crippen molar-refractivity contribution in [2.75, 3.05) is 0 Å². The van der Waals surface area contributed by atoms with Crippen molar-refractivity contribution in [1.29, 1.82) is 0 Å². The maximum atomic E-state index is 12.5. The monoisotopic (exact) mass is 197 g/mol. The van der Waals surface area contributed by atoms with E-state index in [0.717, 1.165) is 0 Å². The molecule has 1 rings (SSSR count). The standard InChI is InChI=1S/C6H3ClF3NO/c7-2-1-3(12)11-6(10)4(2)5(8)9/h1,5H,(H,11,12). The van der Waals surface area contributed by atoms with Gasteiger partial charge in [0.05, 0.1) is 10.6 Å². The fourth-order valence-corrected chi connectivity index (χ4v) is 0.974. The van der Waals surface area contributed by atoms with Crippen molar-refractivity contribution in [3.63, 3.8) is 0 Å². The van der Waals surface area contributed by atoms with Crippen LogP contribution in [0, 0.1) is 5.95 Å². The van der Waals surface area contributed by atoms with Gasteiger partial charge in [0.1, 0.15) is 0 Å². The van der Waals surface area contributed by atoms with E-state index in [2.05, 4.69) is 0 Å². The van der Waals surface area contributed by atoms with Crippen LogP contribution in [-0.4, -0.2) is 4.98 Å². The van der Waals surface area contributed by atoms with Crippen molar-refractivity contribution in [2.24, 2.45) is 0 Å². The van der Waals surface area contributed by atoms with Crippen molar-refractivity contribution in [1.82, 2.24) is 4.98 Å². The summed E-state index contributed by atoms with van der Waals surface area (Å²) >= 11 is 5.19. The molecule has 0 atom stereocenters. The molecule has 0 aliphatic rings. The summed E-state index contributed by atoms with van der Waals surface area (Å²) in [6, 6.07) is 0.701. The third-order valence-corrected chi connectivity index (χ3v) is 1.52. The third kappa shape index (κ3) is 1.61. The molecule has 1 aromatic rings. The van der Waals surface area contributed by atoms with E-state index < -0.39 is 28.5 Å². The summed E-state index contributed by atoms with van der Waals surface area (Å²) in [5.41, 5.74) is -1.82. The van der Waals surface area contributed by atoms with E-state index in [1.807, 2.05) is 0 Å². The number of hydrogen-bond acceptors (Lipinski definition) is 1. The van der Waals surface area contributed by atoms with Gasteiger partial charge in [0.25, 0.3) is 12.0 Å². The van der Waals surface area contributed by atoms with Gasteiger partial charge < -0.3 is 0 Å². The number of rotatable bonds is 1. The molecule has 0 radical (unpaired) electrons. The third-order valence-electron chi connectivity index (χ3n) is 1.20. The quantitative estimate of drug-likeness (QED) is 0.687. The molecule has 6 heteroatoms. The molecule has 0 aromatic carbocycles. The minimum Gasteiger partial charge on any atom is -0.298 e. The number of alkyl halides is 2. The Hall–Kier alpha value is -0.970. The Morgan fingerprint density at radius 3 is 2.50 bits per heavy atom. The predicted octanol–water partition coefficient (Wildman–Crippen LogP) is 2.10. The molecule has 1 aromatic heterocycles. The van der Waals surface area contributed by atoms with Crippen LogP contribution in [0.25, 0.3) is 0 Å². The second-order valence-electron chi connectivity index (χ2n) is 2.01. The molecule has 0 aliphatic heterocycles. The summed E-state index contributed by atoms with van der Waals surface area (Å²) in [4.78, 5) is 12.0. The average molecular weight is 198 g/mol. The molecule has 2 nitrogen and oxygen atoms in total. The van der Waals surface area contributed by atoms with E-state index in [9.17, 15) is 18.0 Å². The highest BCUT2D eigenvalue weighted by molar-refractivity contribution is 6.31. The highest BCUT2D eigenvalue weighted by atomic mass is 35.5. The molecular formula is C6H3ClF3NO. The number of halogens is 4. The van der Waals surface area contributed by atoms with Gasteiger partial charge in [-0.3, -0.25) is 9.78 Å². The summed E-state index contributed by atoms with van der Waals surface area (Å²) in [6.07, 6.45) is -3.03. The van der Waals surface area contributed by atoms with Crippen molar-refractivity contribution >= 4 is 11.6 Å². The Morgan fingerprint density at radius 2 is 2.08 bits per heavy atom. The molecule has 66 valence electrons. The maximum Gasteiger partial charge on any atom is 0.269 e. The lowest BCUT2D eigenvalue weighted by atomic mass is 10.3. The highest BCUT2D eigenvalue weighted by Crippen LogP contribution is 2.26. The van der Waals surface area contributed by atoms with Crippen LogP contribution in [0.2, 0.25) is 5.02 Å². The van der Waals surface area contributed by atoms with Crippen molar-refractivity contribution < 1.29 is 13.2 Å². The topological polar surface area (TPSA) is 32.9 Å². The smallest absolute Gasteiger partial charge is 0.269 e. The second-order valence-corrected chi connectivity index (χ2v) is 2.42. The summed E-state index contributed by atoms with van der Waals surface area (Å²) < 4.78 is 36.5. The van der Waals surface area contributed by atoms with E-state index >= 15 is 0 Å². The van der Waals surface area contributed by atoms with Crippen molar-refractivity contribution in [3.05, 3.63) is 33.0 Å². The highest BCUT2D eigenvalue weighted by Gasteiger charge is 2.18. The SMILES string of the molecule is O=c1cc(Cl)c(C(F)F)c(F)[nH]1. The van der Waals surface area contributed by atoms with Crippen LogP contribution < -0.4 is 5.56 Å². The molecule has 0 saturated carbocycles. The van der Waals surface area contributed by atoms with Gasteiger partial charge in [-0.15, -0.1) is 0 Å². The van der Waals surface area contributed by atoms with Gasteiger partial charge >= 0.3 is 0 Å². The summed E-state index contributed by atoms with van der Waals surface area (Å²) in [5, 5.41) is -0.564. The molecule has 0 aliphatic carbocycles. The van der Waals surface area contributed by atoms with Gasteiger partial charge in [-0.05, 0) is 0 Å². The second kappa shape index (κ2) is 3.18. The molecule has 0 saturated heterocycles. The lowest BCUT2D eigenvalue weighted by Gasteiger charge is -2.02. The van der Waals surface area contributed by atoms with Gasteiger partial charge in [0.2, 0.25) is 5.95 Å². The Morgan fingerprint density at radius 1 is 1.50 bits per heavy atom. The molecule has 0 bridgehead atoms. The lowest BCUT2D eigenvalue weighted by Crippen LogP contribution is -2.09. The number of nitrogens with one attached hydrogen (secondary N) is 1. The lowest BCUT2D eigenvalue weighted by molar-refractivity contribution is 0.145. The number of pyridine rings is 1. The largest absolute Gasteiger partial charge is 0.298 e. The average Bonchev–Trinajstić information content (AvgIpc) is 1.82. The number of hydrogen-bond donors (Lipinski definition) is 1. The molecule has 1 heterocycles. The van der Waals surface area contributed by atoms with E-state index in [1.54, 1.807) is 4.98 Å². The molecule has 0 spiro atoms. The van der Waals surface area contributed by atoms with Crippen LogP contribution in [0.1, 0.15) is 12.0 Å². The molecule has 0 unspecified atom stereocenters. The van der Waals surface area contributed by atoms with Crippen LogP contribution in [0.15, 0.2) is 10.9 Å². The van der Waals surface area contributed by atoms with E-state index in [4.69, 9.17) is 11.6 Å². The minimum atomic E-state index is -3.03. The summed E-state index contributed by atoms with van der Waals surface area (Å²) in [5.74, 6) is -1.39. The van der Waals surface area contributed by atoms with E-state index in [-0.39, 0.29) is 0 Å². The molecule has 0 amide bonds. The van der Waals surface area contributed by atoms with Gasteiger partial charge in [-0.2, -0.15) is 4.39 Å². The summed E-state index contributed by atoms with van der Waals surface area (Å²) in [6.45, 7) is 0.